The maximum Gasteiger partial charge on any atom is 0.271 e. The summed E-state index contributed by atoms with van der Waals surface area (Å²) in [5.41, 5.74) is 4.94. The molecule has 0 spiro atoms. The molecular weight excluding hydrogens is 372 g/mol. The van der Waals surface area contributed by atoms with Gasteiger partial charge >= 0.3 is 0 Å². The summed E-state index contributed by atoms with van der Waals surface area (Å²) >= 11 is 1.55. The minimum atomic E-state index is -0.260. The fraction of sp³-hybridized carbons (Fsp3) is 0.0500. The fourth-order valence-corrected chi connectivity index (χ4v) is 3.11. The number of thiophene rings is 1. The third-order valence-electron chi connectivity index (χ3n) is 3.93. The molecule has 2 aromatic heterocycles. The van der Waals surface area contributed by atoms with Crippen molar-refractivity contribution in [3.63, 3.8) is 0 Å². The van der Waals surface area contributed by atoms with Crippen LogP contribution in [0, 0.1) is 0 Å². The van der Waals surface area contributed by atoms with E-state index in [0.717, 1.165) is 16.0 Å². The van der Waals surface area contributed by atoms with Crippen LogP contribution in [0.5, 0.6) is 0 Å². The van der Waals surface area contributed by atoms with Crippen molar-refractivity contribution < 1.29 is 4.79 Å². The molecule has 0 aliphatic heterocycles. The first-order valence-electron chi connectivity index (χ1n) is 8.57. The molecule has 4 aromatic rings. The summed E-state index contributed by atoms with van der Waals surface area (Å²) in [6.07, 6.45) is 1.62. The normalized spacial score (nSPS) is 11.0. The third-order valence-corrected chi connectivity index (χ3v) is 4.73. The van der Waals surface area contributed by atoms with E-state index in [4.69, 9.17) is 0 Å². The van der Waals surface area contributed by atoms with Crippen LogP contribution in [-0.4, -0.2) is 32.3 Å². The van der Waals surface area contributed by atoms with Gasteiger partial charge in [0.1, 0.15) is 0 Å². The molecule has 0 aliphatic carbocycles. The zero-order chi connectivity index (χ0) is 19.2. The van der Waals surface area contributed by atoms with Crippen LogP contribution >= 0.6 is 11.3 Å². The van der Waals surface area contributed by atoms with Gasteiger partial charge in [0.25, 0.3) is 5.91 Å². The Kier molecular flexibility index (Phi) is 5.30. The lowest BCUT2D eigenvalue weighted by Gasteiger charge is -2.03. The van der Waals surface area contributed by atoms with E-state index < -0.39 is 0 Å². The molecule has 4 rings (SSSR count). The Hall–Kier alpha value is -3.65. The van der Waals surface area contributed by atoms with Crippen LogP contribution < -0.4 is 5.43 Å². The second-order valence-electron chi connectivity index (χ2n) is 5.92. The van der Waals surface area contributed by atoms with E-state index in [2.05, 4.69) is 25.9 Å². The topological polar surface area (TPSA) is 85.1 Å². The van der Waals surface area contributed by atoms with Crippen molar-refractivity contribution in [1.82, 2.24) is 25.6 Å². The summed E-state index contributed by atoms with van der Waals surface area (Å²) in [6.45, 7) is 0.470. The molecular formula is C20H16N6OS. The third kappa shape index (κ3) is 4.36. The number of aromatic nitrogens is 4. The number of carbonyl (C=O) groups excluding carboxylic acids is 1. The predicted molar refractivity (Wildman–Crippen MR) is 108 cm³/mol. The van der Waals surface area contributed by atoms with Gasteiger partial charge in [-0.05, 0) is 34.4 Å². The van der Waals surface area contributed by atoms with Crippen molar-refractivity contribution in [3.8, 4) is 11.4 Å². The lowest BCUT2D eigenvalue weighted by atomic mass is 10.1. The van der Waals surface area contributed by atoms with Crippen molar-refractivity contribution >= 4 is 23.5 Å². The second-order valence-corrected chi connectivity index (χ2v) is 6.90. The number of hydrazone groups is 1. The minimum absolute atomic E-state index is 0.260. The number of carbonyl (C=O) groups is 1. The molecule has 0 radical (unpaired) electrons. The largest absolute Gasteiger partial charge is 0.271 e. The van der Waals surface area contributed by atoms with Gasteiger partial charge in [0.05, 0.1) is 12.8 Å². The Morgan fingerprint density at radius 2 is 1.89 bits per heavy atom. The molecule has 0 unspecified atom stereocenters. The van der Waals surface area contributed by atoms with Crippen LogP contribution in [0.3, 0.4) is 0 Å². The van der Waals surface area contributed by atoms with Crippen LogP contribution in [0.4, 0.5) is 0 Å². The van der Waals surface area contributed by atoms with Crippen LogP contribution in [0.1, 0.15) is 20.8 Å². The van der Waals surface area contributed by atoms with Crippen molar-refractivity contribution in [1.29, 1.82) is 0 Å². The molecule has 0 saturated carbocycles. The Labute approximate surface area is 165 Å². The first-order valence-corrected chi connectivity index (χ1v) is 9.45. The molecule has 8 heteroatoms. The van der Waals surface area contributed by atoms with Gasteiger partial charge in [-0.15, -0.1) is 21.5 Å². The van der Waals surface area contributed by atoms with Crippen molar-refractivity contribution in [3.05, 3.63) is 88.1 Å². The molecule has 0 bridgehead atoms. The fourth-order valence-electron chi connectivity index (χ4n) is 2.52. The van der Waals surface area contributed by atoms with E-state index in [0.29, 0.717) is 17.9 Å². The maximum absolute atomic E-state index is 12.1. The quantitative estimate of drug-likeness (QED) is 0.406. The van der Waals surface area contributed by atoms with Crippen LogP contribution in [0.2, 0.25) is 0 Å². The average Bonchev–Trinajstić information content (AvgIpc) is 3.41. The summed E-state index contributed by atoms with van der Waals surface area (Å²) < 4.78 is 0. The highest BCUT2D eigenvalue weighted by molar-refractivity contribution is 7.11. The lowest BCUT2D eigenvalue weighted by Crippen LogP contribution is -2.17. The number of rotatable bonds is 6. The van der Waals surface area contributed by atoms with Gasteiger partial charge in [0, 0.05) is 16.0 Å². The summed E-state index contributed by atoms with van der Waals surface area (Å²) in [7, 11) is 0. The van der Waals surface area contributed by atoms with E-state index in [9.17, 15) is 4.79 Å². The Balaban J connectivity index is 1.37. The summed E-state index contributed by atoms with van der Waals surface area (Å²) in [6, 6.07) is 20.8. The zero-order valence-electron chi connectivity index (χ0n) is 14.8. The minimum Gasteiger partial charge on any atom is -0.267 e. The molecule has 0 saturated heterocycles. The van der Waals surface area contributed by atoms with Crippen LogP contribution in [-0.2, 0) is 6.54 Å². The first kappa shape index (κ1) is 17.7. The van der Waals surface area contributed by atoms with Gasteiger partial charge in [-0.1, -0.05) is 48.5 Å². The van der Waals surface area contributed by atoms with Gasteiger partial charge in [-0.2, -0.15) is 9.90 Å². The number of nitrogens with zero attached hydrogens (tertiary/aromatic N) is 5. The molecule has 2 heterocycles. The van der Waals surface area contributed by atoms with E-state index >= 15 is 0 Å². The average molecular weight is 388 g/mol. The number of hydrogen-bond donors (Lipinski definition) is 1. The second kappa shape index (κ2) is 8.36. The smallest absolute Gasteiger partial charge is 0.267 e. The molecule has 138 valence electrons. The van der Waals surface area contributed by atoms with Crippen molar-refractivity contribution in [2.24, 2.45) is 5.10 Å². The Morgan fingerprint density at radius 3 is 2.64 bits per heavy atom. The summed E-state index contributed by atoms with van der Waals surface area (Å²) in [5.74, 6) is 0.324. The van der Waals surface area contributed by atoms with Crippen LogP contribution in [0.15, 0.2) is 77.2 Å². The highest BCUT2D eigenvalue weighted by Crippen LogP contribution is 2.12. The number of tetrazole rings is 1. The van der Waals surface area contributed by atoms with Gasteiger partial charge in [0.2, 0.25) is 5.82 Å². The molecule has 28 heavy (non-hydrogen) atoms. The molecule has 0 aliphatic rings. The molecule has 7 nitrogen and oxygen atoms in total. The summed E-state index contributed by atoms with van der Waals surface area (Å²) in [4.78, 5) is 14.6. The van der Waals surface area contributed by atoms with E-state index in [1.165, 1.54) is 4.80 Å². The molecule has 2 aromatic carbocycles. The monoisotopic (exact) mass is 388 g/mol. The highest BCUT2D eigenvalue weighted by atomic mass is 32.1. The molecule has 0 fully saturated rings. The first-order chi connectivity index (χ1) is 13.8. The molecule has 0 atom stereocenters. The van der Waals surface area contributed by atoms with Gasteiger partial charge in [0.15, 0.2) is 0 Å². The Morgan fingerprint density at radius 1 is 1.07 bits per heavy atom. The Bertz CT molecular complexity index is 1070. The predicted octanol–water partition coefficient (Wildman–Crippen LogP) is 3.21. The number of nitrogens with one attached hydrogen (secondary N) is 1. The van der Waals surface area contributed by atoms with Gasteiger partial charge < -0.3 is 0 Å². The van der Waals surface area contributed by atoms with Crippen molar-refractivity contribution in [2.45, 2.75) is 6.54 Å². The lowest BCUT2D eigenvalue weighted by molar-refractivity contribution is 0.0955. The summed E-state index contributed by atoms with van der Waals surface area (Å²) in [5, 5.41) is 18.5. The highest BCUT2D eigenvalue weighted by Gasteiger charge is 2.07. The van der Waals surface area contributed by atoms with Gasteiger partial charge in [-0.3, -0.25) is 4.79 Å². The van der Waals surface area contributed by atoms with E-state index in [1.807, 2.05) is 60.0 Å². The van der Waals surface area contributed by atoms with Gasteiger partial charge in [-0.25, -0.2) is 5.43 Å². The van der Waals surface area contributed by atoms with E-state index in [1.54, 1.807) is 29.7 Å². The van der Waals surface area contributed by atoms with E-state index in [-0.39, 0.29) is 5.91 Å². The number of amides is 1. The molecule has 1 N–H and O–H groups in total. The zero-order valence-corrected chi connectivity index (χ0v) is 15.6. The standard InChI is InChI=1S/C20H16N6OS/c27-20(23-21-13-18-7-4-12-28-18)17-10-8-15(9-11-17)14-26-24-19(22-25-26)16-5-2-1-3-6-16/h1-13H,14H2,(H,23,27)/b21-13-. The maximum atomic E-state index is 12.1. The molecule has 1 amide bonds. The number of hydrogen-bond acceptors (Lipinski definition) is 6. The SMILES string of the molecule is O=C(N/N=C\c1cccs1)c1ccc(Cn2nnc(-c3ccccc3)n2)cc1. The number of benzene rings is 2. The van der Waals surface area contributed by atoms with Crippen molar-refractivity contribution in [2.75, 3.05) is 0 Å². The van der Waals surface area contributed by atoms with Crippen LogP contribution in [0.25, 0.3) is 11.4 Å².